The number of aryl methyl sites for hydroxylation is 1. The minimum absolute atomic E-state index is 0.357. The Morgan fingerprint density at radius 2 is 2.08 bits per heavy atom. The van der Waals surface area contributed by atoms with Crippen molar-refractivity contribution in [3.05, 3.63) is 11.3 Å². The van der Waals surface area contributed by atoms with E-state index in [9.17, 15) is 0 Å². The molecule has 1 rings (SSSR count). The van der Waals surface area contributed by atoms with E-state index in [1.807, 2.05) is 6.07 Å². The number of hydrogen-bond acceptors (Lipinski definition) is 4. The third-order valence-corrected chi connectivity index (χ3v) is 1.81. The average molecular weight is 179 g/mol. The molecule has 1 aromatic rings. The van der Waals surface area contributed by atoms with Crippen LogP contribution in [0.3, 0.4) is 0 Å². The molecule has 5 heteroatoms. The lowest BCUT2D eigenvalue weighted by Gasteiger charge is -2.15. The number of hydrogen-bond donors (Lipinski definition) is 2. The van der Waals surface area contributed by atoms with Gasteiger partial charge in [0.25, 0.3) is 0 Å². The average Bonchev–Trinajstić information content (AvgIpc) is 2.28. The van der Waals surface area contributed by atoms with E-state index in [-0.39, 0.29) is 0 Å². The number of rotatable bonds is 1. The molecule has 0 bridgehead atoms. The van der Waals surface area contributed by atoms with Gasteiger partial charge in [-0.3, -0.25) is 4.68 Å². The Morgan fingerprint density at radius 1 is 1.54 bits per heavy atom. The van der Waals surface area contributed by atoms with Crippen LogP contribution in [-0.2, 0) is 12.6 Å². The lowest BCUT2D eigenvalue weighted by Crippen LogP contribution is -2.30. The molecule has 0 aliphatic carbocycles. The van der Waals surface area contributed by atoms with Crippen molar-refractivity contribution in [3.63, 3.8) is 0 Å². The summed E-state index contributed by atoms with van der Waals surface area (Å²) in [5.74, 6) is 0.357. The molecule has 4 N–H and O–H groups in total. The number of anilines is 1. The van der Waals surface area contributed by atoms with Gasteiger partial charge in [0, 0.05) is 7.05 Å². The normalized spacial score (nSPS) is 11.3. The predicted octanol–water partition coefficient (Wildman–Crippen LogP) is 0.0678. The highest BCUT2D eigenvalue weighted by Gasteiger charge is 2.25. The second-order valence-corrected chi connectivity index (χ2v) is 3.57. The van der Waals surface area contributed by atoms with Crippen LogP contribution >= 0.6 is 0 Å². The van der Waals surface area contributed by atoms with Crippen LogP contribution in [0.15, 0.2) is 0 Å². The van der Waals surface area contributed by atoms with E-state index in [1.165, 1.54) is 4.68 Å². The SMILES string of the molecule is Cn1nc(C(C)(C)N)c(C#N)c1N. The minimum atomic E-state index is -0.638. The summed E-state index contributed by atoms with van der Waals surface area (Å²) in [4.78, 5) is 0. The molecule has 0 aliphatic rings. The Bertz CT molecular complexity index is 363. The van der Waals surface area contributed by atoms with Gasteiger partial charge in [0.05, 0.1) is 5.54 Å². The summed E-state index contributed by atoms with van der Waals surface area (Å²) in [6, 6.07) is 2.00. The maximum atomic E-state index is 8.84. The standard InChI is InChI=1S/C8H13N5/c1-8(2,11)6-5(4-9)7(10)13(3)12-6/h10-11H2,1-3H3. The van der Waals surface area contributed by atoms with Crippen LogP contribution in [0.25, 0.3) is 0 Å². The molecule has 0 atom stereocenters. The summed E-state index contributed by atoms with van der Waals surface area (Å²) >= 11 is 0. The number of nitrogen functional groups attached to an aromatic ring is 1. The van der Waals surface area contributed by atoms with Gasteiger partial charge in [0.15, 0.2) is 0 Å². The first-order valence-corrected chi connectivity index (χ1v) is 3.90. The van der Waals surface area contributed by atoms with Crippen LogP contribution < -0.4 is 11.5 Å². The van der Waals surface area contributed by atoms with Crippen molar-refractivity contribution in [2.24, 2.45) is 12.8 Å². The van der Waals surface area contributed by atoms with E-state index in [0.29, 0.717) is 17.1 Å². The first-order chi connectivity index (χ1) is 5.88. The van der Waals surface area contributed by atoms with Gasteiger partial charge in [-0.2, -0.15) is 10.4 Å². The molecule has 0 radical (unpaired) electrons. The van der Waals surface area contributed by atoms with Gasteiger partial charge in [-0.1, -0.05) is 0 Å². The summed E-state index contributed by atoms with van der Waals surface area (Å²) in [7, 11) is 1.69. The van der Waals surface area contributed by atoms with Crippen molar-refractivity contribution in [2.45, 2.75) is 19.4 Å². The van der Waals surface area contributed by atoms with Crippen LogP contribution in [0.4, 0.5) is 5.82 Å². The van der Waals surface area contributed by atoms with Crippen LogP contribution in [-0.4, -0.2) is 9.78 Å². The monoisotopic (exact) mass is 179 g/mol. The van der Waals surface area contributed by atoms with E-state index in [4.69, 9.17) is 16.7 Å². The van der Waals surface area contributed by atoms with E-state index in [0.717, 1.165) is 0 Å². The Balaban J connectivity index is 3.41. The van der Waals surface area contributed by atoms with Gasteiger partial charge < -0.3 is 11.5 Å². The molecule has 0 aromatic carbocycles. The first-order valence-electron chi connectivity index (χ1n) is 3.90. The fourth-order valence-corrected chi connectivity index (χ4v) is 1.10. The number of nitrogens with two attached hydrogens (primary N) is 2. The smallest absolute Gasteiger partial charge is 0.139 e. The maximum absolute atomic E-state index is 8.84. The van der Waals surface area contributed by atoms with Gasteiger partial charge in [0.2, 0.25) is 0 Å². The molecule has 0 saturated heterocycles. The zero-order valence-corrected chi connectivity index (χ0v) is 8.00. The van der Waals surface area contributed by atoms with Crippen LogP contribution in [0.5, 0.6) is 0 Å². The molecule has 0 spiro atoms. The van der Waals surface area contributed by atoms with Crippen LogP contribution in [0.2, 0.25) is 0 Å². The molecule has 0 saturated carbocycles. The molecule has 1 heterocycles. The molecule has 0 amide bonds. The van der Waals surface area contributed by atoms with E-state index < -0.39 is 5.54 Å². The first kappa shape index (κ1) is 9.55. The maximum Gasteiger partial charge on any atom is 0.139 e. The summed E-state index contributed by atoms with van der Waals surface area (Å²) in [5, 5.41) is 12.9. The minimum Gasteiger partial charge on any atom is -0.383 e. The summed E-state index contributed by atoms with van der Waals surface area (Å²) in [6.45, 7) is 3.57. The molecule has 0 fully saturated rings. The van der Waals surface area contributed by atoms with Gasteiger partial charge >= 0.3 is 0 Å². The molecule has 70 valence electrons. The molecular formula is C8H13N5. The predicted molar refractivity (Wildman–Crippen MR) is 49.5 cm³/mol. The quantitative estimate of drug-likeness (QED) is 0.637. The zero-order valence-electron chi connectivity index (χ0n) is 8.00. The van der Waals surface area contributed by atoms with Gasteiger partial charge in [-0.25, -0.2) is 0 Å². The third-order valence-electron chi connectivity index (χ3n) is 1.81. The largest absolute Gasteiger partial charge is 0.383 e. The highest BCUT2D eigenvalue weighted by molar-refractivity contribution is 5.53. The highest BCUT2D eigenvalue weighted by Crippen LogP contribution is 2.23. The Kier molecular flexibility index (Phi) is 2.02. The number of nitriles is 1. The molecule has 1 aromatic heterocycles. The lowest BCUT2D eigenvalue weighted by molar-refractivity contribution is 0.522. The highest BCUT2D eigenvalue weighted by atomic mass is 15.3. The van der Waals surface area contributed by atoms with Gasteiger partial charge in [0.1, 0.15) is 23.1 Å². The van der Waals surface area contributed by atoms with E-state index in [2.05, 4.69) is 5.10 Å². The third kappa shape index (κ3) is 1.48. The zero-order chi connectivity index (χ0) is 10.2. The van der Waals surface area contributed by atoms with Crippen molar-refractivity contribution in [2.75, 3.05) is 5.73 Å². The summed E-state index contributed by atoms with van der Waals surface area (Å²) < 4.78 is 1.46. The fraction of sp³-hybridized carbons (Fsp3) is 0.500. The van der Waals surface area contributed by atoms with Crippen molar-refractivity contribution < 1.29 is 0 Å². The van der Waals surface area contributed by atoms with Crippen molar-refractivity contribution in [1.29, 1.82) is 5.26 Å². The van der Waals surface area contributed by atoms with Crippen molar-refractivity contribution in [1.82, 2.24) is 9.78 Å². The van der Waals surface area contributed by atoms with E-state index in [1.54, 1.807) is 20.9 Å². The Morgan fingerprint density at radius 3 is 2.38 bits per heavy atom. The second kappa shape index (κ2) is 2.75. The molecule has 5 nitrogen and oxygen atoms in total. The topological polar surface area (TPSA) is 93.6 Å². The van der Waals surface area contributed by atoms with Crippen LogP contribution in [0.1, 0.15) is 25.1 Å². The Hall–Kier alpha value is -1.54. The second-order valence-electron chi connectivity index (χ2n) is 3.57. The van der Waals surface area contributed by atoms with Crippen molar-refractivity contribution >= 4 is 5.82 Å². The van der Waals surface area contributed by atoms with Crippen molar-refractivity contribution in [3.8, 4) is 6.07 Å². The van der Waals surface area contributed by atoms with Gasteiger partial charge in [-0.15, -0.1) is 0 Å². The van der Waals surface area contributed by atoms with Gasteiger partial charge in [-0.05, 0) is 13.8 Å². The lowest BCUT2D eigenvalue weighted by atomic mass is 9.99. The molecule has 0 aliphatic heterocycles. The van der Waals surface area contributed by atoms with E-state index >= 15 is 0 Å². The molecule has 13 heavy (non-hydrogen) atoms. The molecular weight excluding hydrogens is 166 g/mol. The number of nitrogens with zero attached hydrogens (tertiary/aromatic N) is 3. The number of aromatic nitrogens is 2. The molecule has 0 unspecified atom stereocenters. The summed E-state index contributed by atoms with van der Waals surface area (Å²) in [6.07, 6.45) is 0. The fourth-order valence-electron chi connectivity index (χ4n) is 1.10. The summed E-state index contributed by atoms with van der Waals surface area (Å²) in [5.41, 5.74) is 11.7. The van der Waals surface area contributed by atoms with Crippen LogP contribution in [0, 0.1) is 11.3 Å². The Labute approximate surface area is 76.9 Å².